The molecule has 2 fully saturated rings. The first kappa shape index (κ1) is 18.0. The van der Waals surface area contributed by atoms with Crippen LogP contribution in [0.25, 0.3) is 11.1 Å². The summed E-state index contributed by atoms with van der Waals surface area (Å²) in [5.41, 5.74) is 3.49. The number of benzene rings is 1. The van der Waals surface area contributed by atoms with E-state index in [9.17, 15) is 4.79 Å². The average molecular weight is 389 g/mol. The van der Waals surface area contributed by atoms with E-state index in [-0.39, 0.29) is 23.8 Å². The van der Waals surface area contributed by atoms with Gasteiger partial charge in [0.15, 0.2) is 0 Å². The summed E-state index contributed by atoms with van der Waals surface area (Å²) in [5.74, 6) is 0.431. The molecule has 1 saturated heterocycles. The van der Waals surface area contributed by atoms with Crippen LogP contribution in [0.15, 0.2) is 53.3 Å². The first-order valence-corrected chi connectivity index (χ1v) is 10.1. The number of amides is 1. The summed E-state index contributed by atoms with van der Waals surface area (Å²) in [5, 5.41) is 6.81. The maximum atomic E-state index is 12.2. The number of rotatable bonds is 6. The Morgan fingerprint density at radius 2 is 2.07 bits per heavy atom. The highest BCUT2D eigenvalue weighted by molar-refractivity contribution is 5.90. The smallest absolute Gasteiger partial charge is 0.292 e. The van der Waals surface area contributed by atoms with E-state index in [2.05, 4.69) is 55.7 Å². The molecule has 0 spiro atoms. The Balaban J connectivity index is 1.30. The van der Waals surface area contributed by atoms with Crippen LogP contribution in [0.3, 0.4) is 0 Å². The molecule has 0 radical (unpaired) electrons. The van der Waals surface area contributed by atoms with E-state index in [1.54, 1.807) is 6.20 Å². The van der Waals surface area contributed by atoms with Gasteiger partial charge in [-0.1, -0.05) is 29.4 Å². The van der Waals surface area contributed by atoms with Crippen molar-refractivity contribution in [3.63, 3.8) is 0 Å². The highest BCUT2D eigenvalue weighted by atomic mass is 16.5. The third-order valence-electron chi connectivity index (χ3n) is 5.51. The van der Waals surface area contributed by atoms with E-state index < -0.39 is 0 Å². The minimum Gasteiger partial charge on any atom is -0.346 e. The number of carbonyl (C=O) groups is 1. The molecule has 1 atom stereocenters. The quantitative estimate of drug-likeness (QED) is 0.696. The van der Waals surface area contributed by atoms with Gasteiger partial charge in [0, 0.05) is 25.0 Å². The lowest BCUT2D eigenvalue weighted by atomic mass is 10.0. The maximum Gasteiger partial charge on any atom is 0.292 e. The molecule has 1 amide bonds. The molecule has 7 heteroatoms. The van der Waals surface area contributed by atoms with E-state index >= 15 is 0 Å². The van der Waals surface area contributed by atoms with Crippen molar-refractivity contribution in [3.05, 3.63) is 66.1 Å². The molecular weight excluding hydrogens is 366 g/mol. The molecule has 3 aromatic rings. The minimum absolute atomic E-state index is 0.0482. The van der Waals surface area contributed by atoms with Gasteiger partial charge in [-0.05, 0) is 61.1 Å². The molecule has 1 N–H and O–H groups in total. The zero-order valence-corrected chi connectivity index (χ0v) is 16.1. The highest BCUT2D eigenvalue weighted by Crippen LogP contribution is 2.33. The summed E-state index contributed by atoms with van der Waals surface area (Å²) in [6.45, 7) is 1.76. The largest absolute Gasteiger partial charge is 0.346 e. The molecule has 7 nitrogen and oxygen atoms in total. The van der Waals surface area contributed by atoms with Gasteiger partial charge < -0.3 is 9.84 Å². The first-order valence-electron chi connectivity index (χ1n) is 10.1. The van der Waals surface area contributed by atoms with Crippen LogP contribution in [0.2, 0.25) is 0 Å². The van der Waals surface area contributed by atoms with Crippen LogP contribution < -0.4 is 5.32 Å². The number of carbonyl (C=O) groups excluding carboxylic acids is 1. The fourth-order valence-corrected chi connectivity index (χ4v) is 3.85. The fourth-order valence-electron chi connectivity index (χ4n) is 3.85. The SMILES string of the molecule is O=C(NC1CC1)c1noc(C2CCCN2Cc2cccc(-c3cccnc3)c2)n1. The maximum absolute atomic E-state index is 12.2. The van der Waals surface area contributed by atoms with Crippen molar-refractivity contribution in [1.82, 2.24) is 25.3 Å². The predicted octanol–water partition coefficient (Wildman–Crippen LogP) is 3.36. The van der Waals surface area contributed by atoms with Crippen molar-refractivity contribution in [2.75, 3.05) is 6.54 Å². The van der Waals surface area contributed by atoms with E-state index in [0.29, 0.717) is 5.89 Å². The van der Waals surface area contributed by atoms with Gasteiger partial charge in [0.1, 0.15) is 0 Å². The normalized spacial score (nSPS) is 19.4. The van der Waals surface area contributed by atoms with Crippen molar-refractivity contribution in [3.8, 4) is 11.1 Å². The van der Waals surface area contributed by atoms with Gasteiger partial charge in [0.05, 0.1) is 6.04 Å². The Hall–Kier alpha value is -3.06. The van der Waals surface area contributed by atoms with Gasteiger partial charge >= 0.3 is 0 Å². The summed E-state index contributed by atoms with van der Waals surface area (Å²) >= 11 is 0. The lowest BCUT2D eigenvalue weighted by Gasteiger charge is -2.21. The van der Waals surface area contributed by atoms with Gasteiger partial charge in [-0.3, -0.25) is 14.7 Å². The summed E-state index contributed by atoms with van der Waals surface area (Å²) < 4.78 is 5.46. The number of aromatic nitrogens is 3. The molecule has 2 aromatic heterocycles. The monoisotopic (exact) mass is 389 g/mol. The van der Waals surface area contributed by atoms with Crippen molar-refractivity contribution in [2.45, 2.75) is 44.3 Å². The molecule has 1 aromatic carbocycles. The van der Waals surface area contributed by atoms with Gasteiger partial charge in [0.25, 0.3) is 11.7 Å². The number of nitrogens with zero attached hydrogens (tertiary/aromatic N) is 4. The predicted molar refractivity (Wildman–Crippen MR) is 107 cm³/mol. The fraction of sp³-hybridized carbons (Fsp3) is 0.364. The summed E-state index contributed by atoms with van der Waals surface area (Å²) in [6.07, 6.45) is 7.75. The number of hydrogen-bond donors (Lipinski definition) is 1. The number of pyridine rings is 1. The van der Waals surface area contributed by atoms with Gasteiger partial charge in [-0.2, -0.15) is 4.98 Å². The van der Waals surface area contributed by atoms with Gasteiger partial charge in [-0.25, -0.2) is 0 Å². The van der Waals surface area contributed by atoms with Crippen molar-refractivity contribution in [1.29, 1.82) is 0 Å². The van der Waals surface area contributed by atoms with E-state index in [1.165, 1.54) is 5.56 Å². The highest BCUT2D eigenvalue weighted by Gasteiger charge is 2.32. The Morgan fingerprint density at radius 3 is 2.90 bits per heavy atom. The van der Waals surface area contributed by atoms with Crippen molar-refractivity contribution in [2.24, 2.45) is 0 Å². The molecule has 3 heterocycles. The third-order valence-corrected chi connectivity index (χ3v) is 5.51. The molecule has 5 rings (SSSR count). The Kier molecular flexibility index (Phi) is 4.81. The molecule has 1 aliphatic carbocycles. The molecule has 1 unspecified atom stereocenters. The first-order chi connectivity index (χ1) is 14.3. The molecule has 1 saturated carbocycles. The van der Waals surface area contributed by atoms with Crippen LogP contribution in [0, 0.1) is 0 Å². The second-order valence-corrected chi connectivity index (χ2v) is 7.77. The molecule has 0 bridgehead atoms. The molecule has 1 aliphatic heterocycles. The lowest BCUT2D eigenvalue weighted by molar-refractivity contribution is 0.0937. The number of nitrogens with one attached hydrogen (secondary N) is 1. The molecular formula is C22H23N5O2. The average Bonchev–Trinajstić information content (AvgIpc) is 3.24. The topological polar surface area (TPSA) is 84.2 Å². The van der Waals surface area contributed by atoms with Crippen molar-refractivity contribution >= 4 is 5.91 Å². The summed E-state index contributed by atoms with van der Waals surface area (Å²) in [4.78, 5) is 23.1. The standard InChI is InChI=1S/C22H23N5O2/c28-21(24-18-8-9-18)20-25-22(29-26-20)19-7-3-11-27(19)14-15-4-1-5-16(12-15)17-6-2-10-23-13-17/h1-2,4-6,10,12-13,18-19H,3,7-9,11,14H2,(H,24,28). The van der Waals surface area contributed by atoms with Crippen LogP contribution in [0.4, 0.5) is 0 Å². The molecule has 29 heavy (non-hydrogen) atoms. The third kappa shape index (κ3) is 4.05. The van der Waals surface area contributed by atoms with E-state index in [4.69, 9.17) is 4.52 Å². The van der Waals surface area contributed by atoms with Crippen LogP contribution in [-0.2, 0) is 6.54 Å². The Morgan fingerprint density at radius 1 is 1.17 bits per heavy atom. The molecule has 148 valence electrons. The second kappa shape index (κ2) is 7.75. The zero-order valence-electron chi connectivity index (χ0n) is 16.1. The van der Waals surface area contributed by atoms with E-state index in [0.717, 1.165) is 49.9 Å². The van der Waals surface area contributed by atoms with Gasteiger partial charge in [0.2, 0.25) is 5.89 Å². The Labute approximate surface area is 169 Å². The van der Waals surface area contributed by atoms with Crippen molar-refractivity contribution < 1.29 is 9.32 Å². The summed E-state index contributed by atoms with van der Waals surface area (Å²) in [7, 11) is 0. The lowest BCUT2D eigenvalue weighted by Crippen LogP contribution is -2.27. The van der Waals surface area contributed by atoms with Crippen LogP contribution >= 0.6 is 0 Å². The van der Waals surface area contributed by atoms with Crippen LogP contribution in [0.5, 0.6) is 0 Å². The number of hydrogen-bond acceptors (Lipinski definition) is 6. The van der Waals surface area contributed by atoms with Gasteiger partial charge in [-0.15, -0.1) is 0 Å². The summed E-state index contributed by atoms with van der Waals surface area (Å²) in [6, 6.07) is 12.9. The van der Waals surface area contributed by atoms with Crippen LogP contribution in [-0.4, -0.2) is 38.5 Å². The molecule has 2 aliphatic rings. The van der Waals surface area contributed by atoms with E-state index in [1.807, 2.05) is 12.3 Å². The zero-order chi connectivity index (χ0) is 19.6. The number of likely N-dealkylation sites (tertiary alicyclic amines) is 1. The Bertz CT molecular complexity index is 999. The minimum atomic E-state index is -0.240. The second-order valence-electron chi connectivity index (χ2n) is 7.77. The van der Waals surface area contributed by atoms with Crippen LogP contribution in [0.1, 0.15) is 53.8 Å².